The number of nitrogens with two attached hydrogens (primary N) is 1. The summed E-state index contributed by atoms with van der Waals surface area (Å²) in [7, 11) is -1.91. The minimum Gasteiger partial charge on any atom is -0.355 e. The van der Waals surface area contributed by atoms with Crippen molar-refractivity contribution in [2.75, 3.05) is 25.9 Å². The maximum Gasteiger partial charge on any atom is 0.220 e. The van der Waals surface area contributed by atoms with Gasteiger partial charge in [-0.05, 0) is 31.8 Å². The van der Waals surface area contributed by atoms with E-state index in [1.807, 2.05) is 0 Å². The van der Waals surface area contributed by atoms with Crippen molar-refractivity contribution in [3.8, 4) is 0 Å². The third-order valence-corrected chi connectivity index (χ3v) is 3.98. The van der Waals surface area contributed by atoms with E-state index in [0.717, 1.165) is 6.42 Å². The Hall–Kier alpha value is -0.660. The van der Waals surface area contributed by atoms with Crippen molar-refractivity contribution < 1.29 is 13.2 Å². The van der Waals surface area contributed by atoms with Gasteiger partial charge in [-0.1, -0.05) is 13.8 Å². The molecule has 0 aliphatic carbocycles. The molecule has 4 N–H and O–H groups in total. The molecular weight excluding hydrogens is 254 g/mol. The topological polar surface area (TPSA) is 101 Å². The second kappa shape index (κ2) is 8.44. The Kier molecular flexibility index (Phi) is 8.13. The van der Waals surface area contributed by atoms with Gasteiger partial charge in [0.15, 0.2) is 0 Å². The van der Waals surface area contributed by atoms with E-state index in [0.29, 0.717) is 18.9 Å². The molecule has 0 aliphatic rings. The third-order valence-electron chi connectivity index (χ3n) is 2.62. The van der Waals surface area contributed by atoms with Gasteiger partial charge in [-0.3, -0.25) is 4.79 Å². The Morgan fingerprint density at radius 3 is 2.39 bits per heavy atom. The lowest BCUT2D eigenvalue weighted by atomic mass is 9.94. The van der Waals surface area contributed by atoms with Crippen LogP contribution in [0.2, 0.25) is 0 Å². The van der Waals surface area contributed by atoms with Crippen molar-refractivity contribution in [3.05, 3.63) is 0 Å². The van der Waals surface area contributed by atoms with Crippen LogP contribution in [0.1, 0.15) is 26.7 Å². The van der Waals surface area contributed by atoms with Gasteiger partial charge >= 0.3 is 0 Å². The molecule has 0 bridgehead atoms. The number of hydrogen-bond donors (Lipinski definition) is 3. The molecule has 6 nitrogen and oxygen atoms in total. The Morgan fingerprint density at radius 1 is 1.33 bits per heavy atom. The number of carbonyl (C=O) groups is 1. The van der Waals surface area contributed by atoms with Crippen LogP contribution in [0.25, 0.3) is 0 Å². The normalized spacial score (nSPS) is 13.6. The van der Waals surface area contributed by atoms with Gasteiger partial charge in [0.1, 0.15) is 0 Å². The molecule has 0 unspecified atom stereocenters. The second-order valence-electron chi connectivity index (χ2n) is 4.81. The Labute approximate surface area is 110 Å². The van der Waals surface area contributed by atoms with E-state index in [-0.39, 0.29) is 24.1 Å². The van der Waals surface area contributed by atoms with Crippen LogP contribution in [0.4, 0.5) is 0 Å². The standard InChI is InChI=1S/C11H25N3O3S/c1-9(2)6-10(8-12)7-11(15)14-4-5-18(16,17)13-3/h9-10,13H,4-8,12H2,1-3H3,(H,14,15)/t10-/m0/s1. The lowest BCUT2D eigenvalue weighted by Gasteiger charge is -2.16. The zero-order valence-electron chi connectivity index (χ0n) is 11.4. The van der Waals surface area contributed by atoms with Crippen molar-refractivity contribution in [3.63, 3.8) is 0 Å². The van der Waals surface area contributed by atoms with E-state index in [2.05, 4.69) is 23.9 Å². The average Bonchev–Trinajstić information content (AvgIpc) is 2.27. The molecule has 18 heavy (non-hydrogen) atoms. The largest absolute Gasteiger partial charge is 0.355 e. The van der Waals surface area contributed by atoms with Crippen LogP contribution in [-0.4, -0.2) is 40.2 Å². The highest BCUT2D eigenvalue weighted by Gasteiger charge is 2.14. The molecule has 0 aliphatic heterocycles. The first-order valence-electron chi connectivity index (χ1n) is 6.18. The van der Waals surface area contributed by atoms with Crippen LogP contribution in [0.15, 0.2) is 0 Å². The molecular formula is C11H25N3O3S. The molecule has 7 heteroatoms. The van der Waals surface area contributed by atoms with E-state index in [4.69, 9.17) is 5.73 Å². The molecule has 1 amide bonds. The van der Waals surface area contributed by atoms with Crippen LogP contribution in [0.3, 0.4) is 0 Å². The minimum atomic E-state index is -3.26. The van der Waals surface area contributed by atoms with E-state index >= 15 is 0 Å². The molecule has 0 rings (SSSR count). The maximum atomic E-state index is 11.6. The fourth-order valence-corrected chi connectivity index (χ4v) is 2.27. The molecule has 0 aromatic carbocycles. The van der Waals surface area contributed by atoms with Gasteiger partial charge in [0.25, 0.3) is 0 Å². The summed E-state index contributed by atoms with van der Waals surface area (Å²) in [6, 6.07) is 0. The minimum absolute atomic E-state index is 0.104. The van der Waals surface area contributed by atoms with E-state index in [1.165, 1.54) is 7.05 Å². The van der Waals surface area contributed by atoms with Crippen LogP contribution < -0.4 is 15.8 Å². The summed E-state index contributed by atoms with van der Waals surface area (Å²) >= 11 is 0. The zero-order chi connectivity index (χ0) is 14.2. The van der Waals surface area contributed by atoms with E-state index in [9.17, 15) is 13.2 Å². The van der Waals surface area contributed by atoms with Gasteiger partial charge < -0.3 is 11.1 Å². The molecule has 0 aromatic rings. The van der Waals surface area contributed by atoms with Gasteiger partial charge in [0.05, 0.1) is 5.75 Å². The van der Waals surface area contributed by atoms with Crippen molar-refractivity contribution in [1.82, 2.24) is 10.0 Å². The van der Waals surface area contributed by atoms with Gasteiger partial charge in [-0.25, -0.2) is 13.1 Å². The maximum absolute atomic E-state index is 11.6. The average molecular weight is 279 g/mol. The third kappa shape index (κ3) is 8.43. The summed E-state index contributed by atoms with van der Waals surface area (Å²) in [6.07, 6.45) is 1.26. The van der Waals surface area contributed by atoms with Crippen molar-refractivity contribution in [2.24, 2.45) is 17.6 Å². The number of rotatable bonds is 9. The summed E-state index contributed by atoms with van der Waals surface area (Å²) < 4.78 is 24.4. The van der Waals surface area contributed by atoms with Crippen LogP contribution in [0.5, 0.6) is 0 Å². The van der Waals surface area contributed by atoms with E-state index in [1.54, 1.807) is 0 Å². The van der Waals surface area contributed by atoms with Crippen molar-refractivity contribution in [1.29, 1.82) is 0 Å². The lowest BCUT2D eigenvalue weighted by Crippen LogP contribution is -2.34. The summed E-state index contributed by atoms with van der Waals surface area (Å²) in [5.41, 5.74) is 5.60. The number of nitrogens with one attached hydrogen (secondary N) is 2. The van der Waals surface area contributed by atoms with Crippen LogP contribution in [-0.2, 0) is 14.8 Å². The Bertz CT molecular complexity index is 341. The number of amides is 1. The fourth-order valence-electron chi connectivity index (χ4n) is 1.69. The van der Waals surface area contributed by atoms with Gasteiger partial charge in [0.2, 0.25) is 15.9 Å². The lowest BCUT2D eigenvalue weighted by molar-refractivity contribution is -0.121. The molecule has 0 radical (unpaired) electrons. The highest BCUT2D eigenvalue weighted by Crippen LogP contribution is 2.13. The van der Waals surface area contributed by atoms with E-state index < -0.39 is 10.0 Å². The van der Waals surface area contributed by atoms with Crippen LogP contribution in [0, 0.1) is 11.8 Å². The fraction of sp³-hybridized carbons (Fsp3) is 0.909. The summed E-state index contributed by atoms with van der Waals surface area (Å²) in [6.45, 7) is 4.77. The monoisotopic (exact) mass is 279 g/mol. The number of hydrogen-bond acceptors (Lipinski definition) is 4. The SMILES string of the molecule is CNS(=O)(=O)CCNC(=O)C[C@@H](CN)CC(C)C. The molecule has 0 heterocycles. The summed E-state index contributed by atoms with van der Waals surface area (Å²) in [5.74, 6) is 0.409. The number of carbonyl (C=O) groups excluding carboxylic acids is 1. The molecule has 108 valence electrons. The molecule has 0 spiro atoms. The first-order chi connectivity index (χ1) is 8.30. The quantitative estimate of drug-likeness (QED) is 0.537. The molecule has 0 fully saturated rings. The van der Waals surface area contributed by atoms with Crippen LogP contribution >= 0.6 is 0 Å². The van der Waals surface area contributed by atoms with Gasteiger partial charge in [-0.2, -0.15) is 0 Å². The first kappa shape index (κ1) is 17.3. The molecule has 0 saturated heterocycles. The predicted molar refractivity (Wildman–Crippen MR) is 72.5 cm³/mol. The Morgan fingerprint density at radius 2 is 1.94 bits per heavy atom. The predicted octanol–water partition coefficient (Wildman–Crippen LogP) is -0.337. The highest BCUT2D eigenvalue weighted by molar-refractivity contribution is 7.89. The Balaban J connectivity index is 3.96. The smallest absolute Gasteiger partial charge is 0.220 e. The molecule has 0 saturated carbocycles. The van der Waals surface area contributed by atoms with Crippen molar-refractivity contribution in [2.45, 2.75) is 26.7 Å². The van der Waals surface area contributed by atoms with Gasteiger partial charge in [-0.15, -0.1) is 0 Å². The van der Waals surface area contributed by atoms with Gasteiger partial charge in [0, 0.05) is 13.0 Å². The second-order valence-corrected chi connectivity index (χ2v) is 6.85. The summed E-state index contributed by atoms with van der Waals surface area (Å²) in [5, 5.41) is 2.60. The molecule has 0 aromatic heterocycles. The molecule has 1 atom stereocenters. The highest BCUT2D eigenvalue weighted by atomic mass is 32.2. The zero-order valence-corrected chi connectivity index (χ0v) is 12.2. The number of sulfonamides is 1. The van der Waals surface area contributed by atoms with Crippen molar-refractivity contribution >= 4 is 15.9 Å². The summed E-state index contributed by atoms with van der Waals surface area (Å²) in [4.78, 5) is 11.6. The first-order valence-corrected chi connectivity index (χ1v) is 7.84.